The number of nitrogens with zero attached hydrogens (tertiary/aromatic N) is 2. The summed E-state index contributed by atoms with van der Waals surface area (Å²) in [4.78, 5) is 45.4. The van der Waals surface area contributed by atoms with Gasteiger partial charge in [-0.25, -0.2) is 19.6 Å². The molecule has 9 heteroatoms. The minimum atomic E-state index is -1.04. The molecule has 3 rings (SSSR count). The van der Waals surface area contributed by atoms with E-state index in [0.717, 1.165) is 29.5 Å². The molecule has 0 saturated carbocycles. The Balaban J connectivity index is 0.00000235. The van der Waals surface area contributed by atoms with Crippen molar-refractivity contribution in [3.05, 3.63) is 72.1 Å². The lowest BCUT2D eigenvalue weighted by molar-refractivity contribution is -0.145. The number of benzene rings is 1. The molecule has 1 unspecified atom stereocenters. The summed E-state index contributed by atoms with van der Waals surface area (Å²) in [6.07, 6.45) is 3.41. The van der Waals surface area contributed by atoms with Crippen LogP contribution in [0.3, 0.4) is 0 Å². The van der Waals surface area contributed by atoms with Crippen molar-refractivity contribution in [1.29, 1.82) is 0 Å². The van der Waals surface area contributed by atoms with Crippen molar-refractivity contribution in [3.8, 4) is 0 Å². The fourth-order valence-electron chi connectivity index (χ4n) is 3.37. The Morgan fingerprint density at radius 1 is 0.946 bits per heavy atom. The highest BCUT2D eigenvalue weighted by Crippen LogP contribution is 2.11. The molecule has 9 nitrogen and oxygen atoms in total. The first-order chi connectivity index (χ1) is 18.0. The van der Waals surface area contributed by atoms with Gasteiger partial charge in [0.1, 0.15) is 12.6 Å². The topological polar surface area (TPSA) is 120 Å². The SMILES string of the molecule is CC.CCOC(=O)C(CNC(=O)CCCCc1ccc2cccnc2n1)NC(=O)OCc1ccccc1. The molecule has 2 amide bonds. The second-order valence-electron chi connectivity index (χ2n) is 7.87. The number of amides is 2. The van der Waals surface area contributed by atoms with E-state index in [-0.39, 0.29) is 25.7 Å². The molecule has 0 bridgehead atoms. The van der Waals surface area contributed by atoms with Crippen LogP contribution >= 0.6 is 0 Å². The summed E-state index contributed by atoms with van der Waals surface area (Å²) in [5, 5.41) is 6.14. The molecule has 1 atom stereocenters. The van der Waals surface area contributed by atoms with E-state index in [0.29, 0.717) is 18.5 Å². The average molecular weight is 509 g/mol. The van der Waals surface area contributed by atoms with E-state index >= 15 is 0 Å². The van der Waals surface area contributed by atoms with Gasteiger partial charge in [0.2, 0.25) is 5.91 Å². The summed E-state index contributed by atoms with van der Waals surface area (Å²) in [5.41, 5.74) is 2.46. The molecule has 2 N–H and O–H groups in total. The van der Waals surface area contributed by atoms with E-state index in [1.807, 2.05) is 68.4 Å². The quantitative estimate of drug-likeness (QED) is 0.276. The molecule has 0 fully saturated rings. The predicted molar refractivity (Wildman–Crippen MR) is 142 cm³/mol. The minimum Gasteiger partial charge on any atom is -0.464 e. The number of aromatic nitrogens is 2. The molecule has 0 radical (unpaired) electrons. The number of ether oxygens (including phenoxy) is 2. The zero-order valence-electron chi connectivity index (χ0n) is 21.7. The molecule has 37 heavy (non-hydrogen) atoms. The Bertz CT molecular complexity index is 1120. The van der Waals surface area contributed by atoms with Gasteiger partial charge in [0.15, 0.2) is 5.65 Å². The second kappa shape index (κ2) is 16.6. The first-order valence-corrected chi connectivity index (χ1v) is 12.7. The summed E-state index contributed by atoms with van der Waals surface area (Å²) >= 11 is 0. The molecule has 0 aliphatic carbocycles. The maximum absolute atomic E-state index is 12.3. The molecular formula is C28H36N4O5. The predicted octanol–water partition coefficient (Wildman–Crippen LogP) is 4.34. The van der Waals surface area contributed by atoms with Crippen molar-refractivity contribution >= 4 is 29.0 Å². The standard InChI is InChI=1S/C26H30N4O5.C2H6/c1-2-34-25(32)22(30-26(33)35-18-19-9-4-3-5-10-19)17-28-23(31)13-7-6-12-21-15-14-20-11-8-16-27-24(20)29-21;1-2/h3-5,8-11,14-16,22H,2,6-7,12-13,17-18H2,1H3,(H,28,31)(H,30,33);1-2H3. The molecule has 0 saturated heterocycles. The summed E-state index contributed by atoms with van der Waals surface area (Å²) in [6, 6.07) is 15.9. The molecular weight excluding hydrogens is 472 g/mol. The highest BCUT2D eigenvalue weighted by atomic mass is 16.6. The van der Waals surface area contributed by atoms with Crippen LogP contribution in [0.1, 0.15) is 51.3 Å². The first-order valence-electron chi connectivity index (χ1n) is 12.7. The van der Waals surface area contributed by atoms with Crippen molar-refractivity contribution in [3.63, 3.8) is 0 Å². The van der Waals surface area contributed by atoms with Gasteiger partial charge in [-0.3, -0.25) is 4.79 Å². The summed E-state index contributed by atoms with van der Waals surface area (Å²) in [5.74, 6) is -0.854. The zero-order chi connectivity index (χ0) is 26.9. The number of pyridine rings is 2. The highest BCUT2D eigenvalue weighted by Gasteiger charge is 2.23. The van der Waals surface area contributed by atoms with Crippen molar-refractivity contribution in [2.75, 3.05) is 13.2 Å². The normalized spacial score (nSPS) is 11.0. The van der Waals surface area contributed by atoms with E-state index in [1.54, 1.807) is 13.1 Å². The third-order valence-corrected chi connectivity index (χ3v) is 5.19. The Morgan fingerprint density at radius 3 is 2.49 bits per heavy atom. The number of aryl methyl sites for hydroxylation is 1. The number of hydrogen-bond acceptors (Lipinski definition) is 7. The van der Waals surface area contributed by atoms with Gasteiger partial charge in [-0.05, 0) is 56.0 Å². The van der Waals surface area contributed by atoms with E-state index in [9.17, 15) is 14.4 Å². The van der Waals surface area contributed by atoms with Crippen molar-refractivity contribution in [1.82, 2.24) is 20.6 Å². The fraction of sp³-hybridized carbons (Fsp3) is 0.393. The number of rotatable bonds is 12. The van der Waals surface area contributed by atoms with Crippen molar-refractivity contribution in [2.45, 2.75) is 59.1 Å². The number of nitrogens with one attached hydrogen (secondary N) is 2. The number of alkyl carbamates (subject to hydrolysis) is 1. The third-order valence-electron chi connectivity index (χ3n) is 5.19. The lowest BCUT2D eigenvalue weighted by atomic mass is 10.1. The Kier molecular flexibility index (Phi) is 13.1. The van der Waals surface area contributed by atoms with Gasteiger partial charge in [-0.2, -0.15) is 0 Å². The third kappa shape index (κ3) is 10.6. The monoisotopic (exact) mass is 508 g/mol. The largest absolute Gasteiger partial charge is 0.464 e. The van der Waals surface area contributed by atoms with Crippen LogP contribution in [-0.4, -0.2) is 47.1 Å². The van der Waals surface area contributed by atoms with Gasteiger partial charge >= 0.3 is 12.1 Å². The van der Waals surface area contributed by atoms with Crippen molar-refractivity contribution in [2.24, 2.45) is 0 Å². The molecule has 2 aromatic heterocycles. The van der Waals surface area contributed by atoms with Gasteiger partial charge < -0.3 is 20.1 Å². The van der Waals surface area contributed by atoms with E-state index in [4.69, 9.17) is 9.47 Å². The van der Waals surface area contributed by atoms with Crippen LogP contribution in [-0.2, 0) is 32.1 Å². The maximum Gasteiger partial charge on any atom is 0.408 e. The molecule has 0 aliphatic rings. The van der Waals surface area contributed by atoms with Crippen LogP contribution < -0.4 is 10.6 Å². The molecule has 198 valence electrons. The lowest BCUT2D eigenvalue weighted by Gasteiger charge is -2.18. The Labute approximate surface area is 218 Å². The van der Waals surface area contributed by atoms with Crippen LogP contribution in [0.2, 0.25) is 0 Å². The number of esters is 1. The number of fused-ring (bicyclic) bond motifs is 1. The summed E-state index contributed by atoms with van der Waals surface area (Å²) < 4.78 is 10.2. The Hall–Kier alpha value is -4.01. The second-order valence-corrected chi connectivity index (χ2v) is 7.87. The minimum absolute atomic E-state index is 0.0662. The van der Waals surface area contributed by atoms with Gasteiger partial charge in [-0.15, -0.1) is 0 Å². The average Bonchev–Trinajstić information content (AvgIpc) is 2.94. The highest BCUT2D eigenvalue weighted by molar-refractivity contribution is 5.83. The van der Waals surface area contributed by atoms with Gasteiger partial charge in [-0.1, -0.05) is 44.2 Å². The first kappa shape index (κ1) is 29.2. The molecule has 1 aromatic carbocycles. The summed E-state index contributed by atoms with van der Waals surface area (Å²) in [6.45, 7) is 5.80. The molecule has 0 aliphatic heterocycles. The Morgan fingerprint density at radius 2 is 1.73 bits per heavy atom. The van der Waals surface area contributed by atoms with Crippen molar-refractivity contribution < 1.29 is 23.9 Å². The fourth-order valence-corrected chi connectivity index (χ4v) is 3.37. The zero-order valence-corrected chi connectivity index (χ0v) is 21.7. The van der Waals surface area contributed by atoms with Crippen LogP contribution in [0, 0.1) is 0 Å². The molecule has 3 aromatic rings. The maximum atomic E-state index is 12.3. The van der Waals surface area contributed by atoms with E-state index in [1.165, 1.54) is 0 Å². The van der Waals surface area contributed by atoms with Crippen LogP contribution in [0.5, 0.6) is 0 Å². The van der Waals surface area contributed by atoms with Gasteiger partial charge in [0.25, 0.3) is 0 Å². The number of unbranched alkanes of at least 4 members (excludes halogenated alkanes) is 1. The van der Waals surface area contributed by atoms with Crippen LogP contribution in [0.15, 0.2) is 60.8 Å². The van der Waals surface area contributed by atoms with E-state index in [2.05, 4.69) is 20.6 Å². The van der Waals surface area contributed by atoms with Gasteiger partial charge in [0, 0.05) is 30.2 Å². The summed E-state index contributed by atoms with van der Waals surface area (Å²) in [7, 11) is 0. The van der Waals surface area contributed by atoms with Crippen LogP contribution in [0.4, 0.5) is 4.79 Å². The number of carbonyl (C=O) groups excluding carboxylic acids is 3. The molecule has 2 heterocycles. The van der Waals surface area contributed by atoms with Crippen LogP contribution in [0.25, 0.3) is 11.0 Å². The molecule has 0 spiro atoms. The number of carbonyl (C=O) groups is 3. The van der Waals surface area contributed by atoms with Gasteiger partial charge in [0.05, 0.1) is 6.61 Å². The lowest BCUT2D eigenvalue weighted by Crippen LogP contribution is -2.49. The smallest absolute Gasteiger partial charge is 0.408 e. The van der Waals surface area contributed by atoms with E-state index < -0.39 is 18.1 Å². The number of hydrogen-bond donors (Lipinski definition) is 2.